The Bertz CT molecular complexity index is 1300. The largest absolute Gasteiger partial charge is 0.463 e. The Labute approximate surface area is 243 Å². The second-order valence-corrected chi connectivity index (χ2v) is 15.8. The van der Waals surface area contributed by atoms with Gasteiger partial charge in [-0.15, -0.1) is 0 Å². The van der Waals surface area contributed by atoms with E-state index in [2.05, 4.69) is 6.58 Å². The van der Waals surface area contributed by atoms with E-state index >= 15 is 0 Å². The summed E-state index contributed by atoms with van der Waals surface area (Å²) in [6, 6.07) is 25.1. The molecule has 0 N–H and O–H groups in total. The molecule has 216 valence electrons. The molecule has 0 heterocycles. The molecule has 0 saturated carbocycles. The maximum Gasteiger partial charge on any atom is 0.337 e. The predicted octanol–water partition coefficient (Wildman–Crippen LogP) is 6.53. The van der Waals surface area contributed by atoms with Crippen molar-refractivity contribution >= 4 is 38.0 Å². The Balaban J connectivity index is 1.68. The minimum absolute atomic E-state index is 0.228. The van der Waals surface area contributed by atoms with Gasteiger partial charge in [0.25, 0.3) is 0 Å². The number of rotatable bonds is 17. The van der Waals surface area contributed by atoms with Gasteiger partial charge in [-0.25, -0.2) is 4.79 Å². The van der Waals surface area contributed by atoms with Gasteiger partial charge < -0.3 is 18.2 Å². The molecule has 3 aromatic rings. The van der Waals surface area contributed by atoms with Crippen molar-refractivity contribution in [3.63, 3.8) is 0 Å². The van der Waals surface area contributed by atoms with E-state index in [1.54, 1.807) is 87.0 Å². The van der Waals surface area contributed by atoms with E-state index in [9.17, 15) is 18.9 Å². The molecule has 0 bridgehead atoms. The number of carbonyl (C=O) groups is 3. The highest BCUT2D eigenvalue weighted by Gasteiger charge is 2.42. The number of unbranched alkanes of at least 4 members (excludes halogenated alkanes) is 1. The van der Waals surface area contributed by atoms with Gasteiger partial charge in [0.2, 0.25) is 18.2 Å². The van der Waals surface area contributed by atoms with Gasteiger partial charge in [0.05, 0.1) is 6.61 Å². The summed E-state index contributed by atoms with van der Waals surface area (Å²) >= 11 is 0. The van der Waals surface area contributed by atoms with Crippen molar-refractivity contribution in [2.75, 3.05) is 20.8 Å². The van der Waals surface area contributed by atoms with E-state index in [-0.39, 0.29) is 16.4 Å². The molecule has 7 nitrogen and oxygen atoms in total. The number of ether oxygens (including phenoxy) is 1. The average molecular weight is 593 g/mol. The minimum Gasteiger partial charge on any atom is -0.463 e. The lowest BCUT2D eigenvalue weighted by molar-refractivity contribution is -0.137. The van der Waals surface area contributed by atoms with Crippen molar-refractivity contribution < 1.29 is 32.5 Å². The van der Waals surface area contributed by atoms with Crippen LogP contribution in [0.15, 0.2) is 97.6 Å². The van der Waals surface area contributed by atoms with Gasteiger partial charge in [-0.2, -0.15) is 0 Å². The van der Waals surface area contributed by atoms with Crippen molar-refractivity contribution in [2.45, 2.75) is 37.8 Å². The normalized spacial score (nSPS) is 11.6. The van der Waals surface area contributed by atoms with E-state index in [0.717, 1.165) is 36.9 Å². The Morgan fingerprint density at radius 1 is 0.756 bits per heavy atom. The van der Waals surface area contributed by atoms with Crippen molar-refractivity contribution in [1.29, 1.82) is 0 Å². The highest BCUT2D eigenvalue weighted by Crippen LogP contribution is 2.50. The molecular formula is C32H37O7PSi. The molecule has 0 aromatic heterocycles. The molecule has 9 heteroatoms. The highest BCUT2D eigenvalue weighted by molar-refractivity contribution is 8.01. The van der Waals surface area contributed by atoms with Crippen LogP contribution in [0.3, 0.4) is 0 Å². The van der Waals surface area contributed by atoms with Crippen LogP contribution in [0.5, 0.6) is 0 Å². The van der Waals surface area contributed by atoms with Gasteiger partial charge in [0.15, 0.2) is 0 Å². The molecule has 0 saturated heterocycles. The SMILES string of the molecule is C=CC(=O)OCCC[Si](CCCCc1ccc(P(=O)(C(=O)c2ccccc2)C(=O)c2ccccc2)cc1)(OC)OC. The lowest BCUT2D eigenvalue weighted by Crippen LogP contribution is -2.40. The fourth-order valence-corrected chi connectivity index (χ4v) is 9.59. The van der Waals surface area contributed by atoms with Crippen LogP contribution in [-0.4, -0.2) is 46.4 Å². The zero-order valence-corrected chi connectivity index (χ0v) is 25.5. The summed E-state index contributed by atoms with van der Waals surface area (Å²) in [5, 5.41) is 0.228. The standard InChI is InChI=1S/C32H37O7PSi/c1-4-30(33)39-23-13-25-41(37-2,38-3)24-12-11-14-26-19-21-29(22-20-26)40(36,31(34)27-15-7-5-8-16-27)32(35)28-17-9-6-10-18-28/h4-10,15-22H,1,11-14,23-25H2,2-3H3. The van der Waals surface area contributed by atoms with Crippen molar-refractivity contribution in [1.82, 2.24) is 0 Å². The second kappa shape index (κ2) is 15.5. The topological polar surface area (TPSA) is 96.0 Å². The van der Waals surface area contributed by atoms with Crippen molar-refractivity contribution in [3.8, 4) is 0 Å². The predicted molar refractivity (Wildman–Crippen MR) is 163 cm³/mol. The average Bonchev–Trinajstić information content (AvgIpc) is 3.04. The summed E-state index contributed by atoms with van der Waals surface area (Å²) in [7, 11) is -3.23. The smallest absolute Gasteiger partial charge is 0.337 e. The van der Waals surface area contributed by atoms with Gasteiger partial charge in [-0.1, -0.05) is 97.9 Å². The highest BCUT2D eigenvalue weighted by atomic mass is 31.2. The van der Waals surface area contributed by atoms with E-state index < -0.39 is 32.7 Å². The van der Waals surface area contributed by atoms with Crippen LogP contribution in [0.25, 0.3) is 0 Å². The van der Waals surface area contributed by atoms with Gasteiger partial charge in [0.1, 0.15) is 0 Å². The number of esters is 1. The van der Waals surface area contributed by atoms with E-state index in [4.69, 9.17) is 13.6 Å². The summed E-state index contributed by atoms with van der Waals surface area (Å²) in [5.74, 6) is -0.441. The number of benzene rings is 3. The summed E-state index contributed by atoms with van der Waals surface area (Å²) < 4.78 is 31.0. The first-order chi connectivity index (χ1) is 19.8. The molecule has 0 aliphatic heterocycles. The van der Waals surface area contributed by atoms with Crippen LogP contribution < -0.4 is 5.30 Å². The van der Waals surface area contributed by atoms with Crippen LogP contribution in [0.2, 0.25) is 12.1 Å². The zero-order valence-electron chi connectivity index (χ0n) is 23.6. The molecule has 0 spiro atoms. The van der Waals surface area contributed by atoms with Crippen molar-refractivity contribution in [3.05, 3.63) is 114 Å². The molecular weight excluding hydrogens is 555 g/mol. The van der Waals surface area contributed by atoms with Gasteiger partial charge in [-0.05, 0) is 36.9 Å². The fraction of sp³-hybridized carbons (Fsp3) is 0.281. The molecule has 3 aromatic carbocycles. The van der Waals surface area contributed by atoms with Gasteiger partial charge in [0, 0.05) is 36.7 Å². The number of carbonyl (C=O) groups excluding carboxylic acids is 3. The van der Waals surface area contributed by atoms with E-state index in [0.29, 0.717) is 19.1 Å². The summed E-state index contributed by atoms with van der Waals surface area (Å²) in [4.78, 5) is 38.3. The first kappa shape index (κ1) is 32.1. The Hall–Kier alpha value is -3.42. The summed E-state index contributed by atoms with van der Waals surface area (Å²) in [6.07, 6.45) is 4.30. The third kappa shape index (κ3) is 8.30. The molecule has 3 rings (SSSR count). The Morgan fingerprint density at radius 2 is 1.27 bits per heavy atom. The van der Waals surface area contributed by atoms with Crippen LogP contribution in [-0.2, 0) is 29.4 Å². The fourth-order valence-electron chi connectivity index (χ4n) is 4.64. The van der Waals surface area contributed by atoms with Gasteiger partial charge >= 0.3 is 14.5 Å². The van der Waals surface area contributed by atoms with Crippen LogP contribution >= 0.6 is 7.14 Å². The summed E-state index contributed by atoms with van der Waals surface area (Å²) in [6.45, 7) is 3.69. The summed E-state index contributed by atoms with van der Waals surface area (Å²) in [5.41, 5.74) is 0.163. The third-order valence-corrected chi connectivity index (χ3v) is 13.4. The van der Waals surface area contributed by atoms with Crippen LogP contribution in [0, 0.1) is 0 Å². The quantitative estimate of drug-likeness (QED) is 0.0578. The molecule has 0 unspecified atom stereocenters. The van der Waals surface area contributed by atoms with Crippen LogP contribution in [0.4, 0.5) is 0 Å². The minimum atomic E-state index is -4.14. The van der Waals surface area contributed by atoms with Crippen LogP contribution in [0.1, 0.15) is 45.5 Å². The number of aryl methyl sites for hydroxylation is 1. The second-order valence-electron chi connectivity index (χ2n) is 9.62. The molecule has 41 heavy (non-hydrogen) atoms. The van der Waals surface area contributed by atoms with E-state index in [1.165, 1.54) is 0 Å². The lowest BCUT2D eigenvalue weighted by atomic mass is 10.1. The molecule has 0 radical (unpaired) electrons. The third-order valence-electron chi connectivity index (χ3n) is 7.04. The Kier molecular flexibility index (Phi) is 12.2. The zero-order chi connectivity index (χ0) is 29.7. The lowest BCUT2D eigenvalue weighted by Gasteiger charge is -2.27. The molecule has 0 atom stereocenters. The first-order valence-electron chi connectivity index (χ1n) is 13.6. The first-order valence-corrected chi connectivity index (χ1v) is 17.5. The van der Waals surface area contributed by atoms with Gasteiger partial charge in [-0.3, -0.25) is 9.59 Å². The Morgan fingerprint density at radius 3 is 1.76 bits per heavy atom. The monoisotopic (exact) mass is 592 g/mol. The molecule has 0 amide bonds. The number of hydrogen-bond acceptors (Lipinski definition) is 7. The van der Waals surface area contributed by atoms with E-state index in [1.807, 2.05) is 12.1 Å². The maximum atomic E-state index is 14.4. The molecule has 0 aliphatic carbocycles. The molecule has 0 fully saturated rings. The number of hydrogen-bond donors (Lipinski definition) is 0. The maximum absolute atomic E-state index is 14.4. The van der Waals surface area contributed by atoms with Crippen molar-refractivity contribution in [2.24, 2.45) is 0 Å². The molecule has 0 aliphatic rings.